The van der Waals surface area contributed by atoms with Gasteiger partial charge in [-0.1, -0.05) is 36.4 Å². The molecule has 2 aromatic rings. The summed E-state index contributed by atoms with van der Waals surface area (Å²) in [5.41, 5.74) is 0. The molecule has 0 spiro atoms. The van der Waals surface area contributed by atoms with Gasteiger partial charge in [-0.3, -0.25) is 9.59 Å². The van der Waals surface area contributed by atoms with Crippen LogP contribution in [0.5, 0.6) is 11.5 Å². The van der Waals surface area contributed by atoms with Gasteiger partial charge in [0.1, 0.15) is 11.5 Å². The number of rotatable bonds is 12. The molecule has 0 saturated carbocycles. The molecule has 4 N–H and O–H groups in total. The van der Waals surface area contributed by atoms with Crippen LogP contribution in [0.1, 0.15) is 38.5 Å². The number of benzene rings is 2. The fourth-order valence-electron chi connectivity index (χ4n) is 4.95. The van der Waals surface area contributed by atoms with E-state index in [-0.39, 0.29) is 47.6 Å². The fraction of sp³-hybridized carbons (Fsp3) is 0.548. The molecule has 0 bridgehead atoms. The molecule has 2 saturated heterocycles. The fourth-order valence-corrected chi connectivity index (χ4v) is 4.95. The van der Waals surface area contributed by atoms with Gasteiger partial charge < -0.3 is 40.1 Å². The van der Waals surface area contributed by atoms with Gasteiger partial charge in [0, 0.05) is 13.1 Å². The zero-order chi connectivity index (χ0) is 27.7. The Morgan fingerprint density at radius 2 is 1.12 bits per heavy atom. The Labute approximate surface area is 262 Å². The van der Waals surface area contributed by atoms with Crippen molar-refractivity contribution in [2.75, 3.05) is 59.6 Å². The van der Waals surface area contributed by atoms with Crippen molar-refractivity contribution in [1.29, 1.82) is 0 Å². The second-order valence-electron chi connectivity index (χ2n) is 10.1. The second-order valence-corrected chi connectivity index (χ2v) is 10.1. The molecule has 2 aromatic carbocycles. The molecule has 0 amide bonds. The first-order valence-electron chi connectivity index (χ1n) is 14.2. The third-order valence-corrected chi connectivity index (χ3v) is 7.32. The summed E-state index contributed by atoms with van der Waals surface area (Å²) in [7, 11) is 1.47. The van der Waals surface area contributed by atoms with Crippen molar-refractivity contribution in [1.82, 2.24) is 9.80 Å². The monoisotopic (exact) mass is 582 g/mol. The molecule has 2 aliphatic heterocycles. The number of methoxy groups -OCH3 is 1. The van der Waals surface area contributed by atoms with Crippen LogP contribution >= 0.6 is 0 Å². The number of hydrogen-bond donors (Lipinski definition) is 1. The smallest absolute Gasteiger partial charge is 0.870 e. The van der Waals surface area contributed by atoms with Crippen molar-refractivity contribution in [3.8, 4) is 11.5 Å². The van der Waals surface area contributed by atoms with Crippen LogP contribution in [0.15, 0.2) is 60.7 Å². The number of ether oxygens (including phenoxy) is 3. The molecule has 2 aliphatic rings. The molecule has 42 heavy (non-hydrogen) atoms. The maximum atomic E-state index is 11.4. The van der Waals surface area contributed by atoms with Crippen molar-refractivity contribution in [2.45, 2.75) is 38.5 Å². The Kier molecular flexibility index (Phi) is 21.5. The van der Waals surface area contributed by atoms with E-state index in [0.717, 1.165) is 95.9 Å². The predicted molar refractivity (Wildman–Crippen MR) is 157 cm³/mol. The standard InChI is InChI=1S/C16H23NO3.C15H21NO3.Li.2H2O/c1-19-16(18)14-8-11-17(12-9-14)10-5-13-20-15-6-3-2-4-7-15;17-15(18)13-7-10-16(11-8-13)9-4-12-19-14-5-2-1-3-6-14;;;/h2-4,6-7,14H,5,8-13H2,1H3;1-3,5-6,13H,4,7-12H2,(H,17,18);;2*1H2/q;;+1;;/p-1. The van der Waals surface area contributed by atoms with Gasteiger partial charge in [-0.05, 0) is 89.0 Å². The van der Waals surface area contributed by atoms with Gasteiger partial charge >= 0.3 is 30.8 Å². The third kappa shape index (κ3) is 15.1. The normalized spacial score (nSPS) is 15.8. The predicted octanol–water partition coefficient (Wildman–Crippen LogP) is 0.595. The van der Waals surface area contributed by atoms with Gasteiger partial charge in [0.15, 0.2) is 0 Å². The molecule has 2 fully saturated rings. The Balaban J connectivity index is 0.000000748. The minimum atomic E-state index is -0.646. The van der Waals surface area contributed by atoms with Gasteiger partial charge in [0.2, 0.25) is 0 Å². The maximum absolute atomic E-state index is 11.4. The van der Waals surface area contributed by atoms with Crippen molar-refractivity contribution < 1.29 is 58.7 Å². The zero-order valence-corrected chi connectivity index (χ0v) is 25.2. The van der Waals surface area contributed by atoms with E-state index >= 15 is 0 Å². The van der Waals surface area contributed by atoms with Gasteiger partial charge in [0.25, 0.3) is 0 Å². The van der Waals surface area contributed by atoms with Crippen molar-refractivity contribution in [3.05, 3.63) is 60.7 Å². The van der Waals surface area contributed by atoms with Crippen LogP contribution in [-0.4, -0.2) is 97.4 Å². The minimum Gasteiger partial charge on any atom is -0.870 e. The average Bonchev–Trinajstić information content (AvgIpc) is 2.99. The van der Waals surface area contributed by atoms with Crippen LogP contribution in [0.25, 0.3) is 0 Å². The first kappa shape index (κ1) is 39.4. The number of carbonyl (C=O) groups excluding carboxylic acids is 1. The summed E-state index contributed by atoms with van der Waals surface area (Å²) in [6, 6.07) is 19.7. The third-order valence-electron chi connectivity index (χ3n) is 7.32. The van der Waals surface area contributed by atoms with E-state index in [2.05, 4.69) is 9.80 Å². The summed E-state index contributed by atoms with van der Waals surface area (Å²) in [4.78, 5) is 27.0. The van der Waals surface area contributed by atoms with E-state index in [1.54, 1.807) is 0 Å². The Morgan fingerprint density at radius 3 is 1.48 bits per heavy atom. The molecule has 0 unspecified atom stereocenters. The van der Waals surface area contributed by atoms with Gasteiger partial charge in [-0.15, -0.1) is 0 Å². The first-order chi connectivity index (χ1) is 19.0. The topological polar surface area (TPSA) is 150 Å². The molecule has 0 aliphatic carbocycles. The second kappa shape index (κ2) is 22.9. The molecule has 0 aromatic heterocycles. The van der Waals surface area contributed by atoms with Crippen LogP contribution < -0.4 is 28.3 Å². The van der Waals surface area contributed by atoms with E-state index in [4.69, 9.17) is 19.3 Å². The molecule has 230 valence electrons. The number of carboxylic acid groups (broad SMARTS) is 1. The first-order valence-corrected chi connectivity index (χ1v) is 14.2. The number of piperidine rings is 2. The number of para-hydroxylation sites is 2. The number of likely N-dealkylation sites (tertiary alicyclic amines) is 2. The van der Waals surface area contributed by atoms with E-state index in [0.29, 0.717) is 6.61 Å². The van der Waals surface area contributed by atoms with Crippen LogP contribution in [-0.2, 0) is 14.3 Å². The van der Waals surface area contributed by atoms with E-state index in [1.807, 2.05) is 60.7 Å². The summed E-state index contributed by atoms with van der Waals surface area (Å²) in [6.45, 7) is 7.20. The van der Waals surface area contributed by atoms with Crippen LogP contribution in [0, 0.1) is 11.8 Å². The Hall–Kier alpha value is -2.58. The van der Waals surface area contributed by atoms with Gasteiger partial charge in [-0.25, -0.2) is 0 Å². The number of hydrogen-bond acceptors (Lipinski definition) is 8. The number of nitrogens with zero attached hydrogens (tertiary/aromatic N) is 2. The van der Waals surface area contributed by atoms with Crippen LogP contribution in [0.4, 0.5) is 0 Å². The SMILES string of the molecule is COC(=O)C1CCN(CCCOc2ccccc2)CC1.O.O=C(O)C1CCN(CCCOc2ccccc2)CC1.[Li+].[OH-]. The minimum absolute atomic E-state index is 0. The summed E-state index contributed by atoms with van der Waals surface area (Å²) in [5, 5.41) is 8.93. The van der Waals surface area contributed by atoms with Crippen molar-refractivity contribution >= 4 is 11.9 Å². The molecule has 0 radical (unpaired) electrons. The van der Waals surface area contributed by atoms with Crippen molar-refractivity contribution in [2.24, 2.45) is 11.8 Å². The Morgan fingerprint density at radius 1 is 0.738 bits per heavy atom. The summed E-state index contributed by atoms with van der Waals surface area (Å²) >= 11 is 0. The molecule has 4 rings (SSSR count). The molecule has 10 nitrogen and oxygen atoms in total. The van der Waals surface area contributed by atoms with E-state index in [9.17, 15) is 9.59 Å². The van der Waals surface area contributed by atoms with Gasteiger partial charge in [0.05, 0.1) is 32.2 Å². The number of aliphatic carboxylic acids is 1. The molecule has 2 heterocycles. The average molecular weight is 583 g/mol. The zero-order valence-electron chi connectivity index (χ0n) is 25.2. The van der Waals surface area contributed by atoms with E-state index in [1.165, 1.54) is 7.11 Å². The molecular weight excluding hydrogens is 535 g/mol. The Bertz CT molecular complexity index is 954. The van der Waals surface area contributed by atoms with E-state index < -0.39 is 5.97 Å². The number of carbonyl (C=O) groups is 2. The summed E-state index contributed by atoms with van der Waals surface area (Å²) in [5.74, 6) is 1.08. The van der Waals surface area contributed by atoms with Gasteiger partial charge in [-0.2, -0.15) is 0 Å². The molecular formula is C31H47LiN2O8. The molecule has 0 atom stereocenters. The number of esters is 1. The number of carboxylic acids is 1. The van der Waals surface area contributed by atoms with Crippen molar-refractivity contribution in [3.63, 3.8) is 0 Å². The summed E-state index contributed by atoms with van der Waals surface area (Å²) in [6.07, 6.45) is 5.35. The molecule has 11 heteroatoms. The summed E-state index contributed by atoms with van der Waals surface area (Å²) < 4.78 is 16.1. The van der Waals surface area contributed by atoms with Crippen LogP contribution in [0.2, 0.25) is 0 Å². The maximum Gasteiger partial charge on any atom is 1.00 e. The quantitative estimate of drug-likeness (QED) is 0.216. The largest absolute Gasteiger partial charge is 1.00 e. The van der Waals surface area contributed by atoms with Crippen LogP contribution in [0.3, 0.4) is 0 Å².